The smallest absolute Gasteiger partial charge is 0.165 e. The van der Waals surface area contributed by atoms with Gasteiger partial charge in [-0.3, -0.25) is 4.68 Å². The zero-order chi connectivity index (χ0) is 13.3. The fraction of sp³-hybridized carbons (Fsp3) is 0.250. The van der Waals surface area contributed by atoms with Crippen LogP contribution in [0.4, 0.5) is 8.78 Å². The third kappa shape index (κ3) is 2.46. The Hall–Kier alpha value is -1.62. The number of aromatic nitrogens is 2. The maximum Gasteiger partial charge on any atom is 0.165 e. The summed E-state index contributed by atoms with van der Waals surface area (Å²) >= 11 is 6.00. The molecule has 0 aliphatic rings. The topological polar surface area (TPSA) is 27.1 Å². The van der Waals surface area contributed by atoms with Gasteiger partial charge in [0, 0.05) is 18.7 Å². The molecule has 0 amide bonds. The third-order valence-electron chi connectivity index (χ3n) is 2.54. The Morgan fingerprint density at radius 3 is 2.72 bits per heavy atom. The van der Waals surface area contributed by atoms with Gasteiger partial charge in [-0.2, -0.15) is 5.10 Å². The Morgan fingerprint density at radius 2 is 2.11 bits per heavy atom. The van der Waals surface area contributed by atoms with Gasteiger partial charge < -0.3 is 4.74 Å². The maximum atomic E-state index is 13.3. The van der Waals surface area contributed by atoms with Crippen LogP contribution in [-0.4, -0.2) is 9.78 Å². The molecule has 0 spiro atoms. The van der Waals surface area contributed by atoms with Crippen LogP contribution in [0.15, 0.2) is 18.2 Å². The van der Waals surface area contributed by atoms with E-state index in [2.05, 4.69) is 5.10 Å². The lowest BCUT2D eigenvalue weighted by Crippen LogP contribution is -1.99. The summed E-state index contributed by atoms with van der Waals surface area (Å²) in [6.45, 7) is 1.81. The Morgan fingerprint density at radius 1 is 1.39 bits per heavy atom. The van der Waals surface area contributed by atoms with Gasteiger partial charge in [-0.15, -0.1) is 0 Å². The molecule has 2 rings (SSSR count). The second-order valence-electron chi connectivity index (χ2n) is 3.84. The Kier molecular flexibility index (Phi) is 3.52. The second kappa shape index (κ2) is 4.94. The molecule has 0 aliphatic heterocycles. The predicted octanol–water partition coefficient (Wildman–Crippen LogP) is 3.24. The SMILES string of the molecule is Cc1nn(C)c(Cl)c1COc1cc(F)ccc1F. The summed E-state index contributed by atoms with van der Waals surface area (Å²) in [6, 6.07) is 3.04. The largest absolute Gasteiger partial charge is 0.486 e. The average Bonchev–Trinajstić information content (AvgIpc) is 2.55. The zero-order valence-electron chi connectivity index (χ0n) is 9.88. The van der Waals surface area contributed by atoms with Gasteiger partial charge in [-0.1, -0.05) is 11.6 Å². The van der Waals surface area contributed by atoms with E-state index >= 15 is 0 Å². The van der Waals surface area contributed by atoms with Crippen molar-refractivity contribution >= 4 is 11.6 Å². The lowest BCUT2D eigenvalue weighted by atomic mass is 10.3. The van der Waals surface area contributed by atoms with Crippen LogP contribution in [0.2, 0.25) is 5.15 Å². The normalized spacial score (nSPS) is 10.7. The Bertz CT molecular complexity index is 584. The first-order chi connectivity index (χ1) is 8.49. The summed E-state index contributed by atoms with van der Waals surface area (Å²) in [5, 5.41) is 4.52. The van der Waals surface area contributed by atoms with E-state index in [1.807, 2.05) is 0 Å². The molecule has 0 saturated carbocycles. The van der Waals surface area contributed by atoms with Crippen molar-refractivity contribution in [1.82, 2.24) is 9.78 Å². The van der Waals surface area contributed by atoms with Gasteiger partial charge in [-0.25, -0.2) is 8.78 Å². The van der Waals surface area contributed by atoms with Crippen molar-refractivity contribution in [2.24, 2.45) is 7.05 Å². The molecule has 3 nitrogen and oxygen atoms in total. The van der Waals surface area contributed by atoms with Gasteiger partial charge in [-0.05, 0) is 19.1 Å². The van der Waals surface area contributed by atoms with Crippen molar-refractivity contribution in [3.05, 3.63) is 46.2 Å². The van der Waals surface area contributed by atoms with E-state index in [4.69, 9.17) is 16.3 Å². The molecule has 96 valence electrons. The van der Waals surface area contributed by atoms with Crippen LogP contribution in [-0.2, 0) is 13.7 Å². The van der Waals surface area contributed by atoms with E-state index in [1.165, 1.54) is 4.68 Å². The molecule has 0 unspecified atom stereocenters. The fourth-order valence-corrected chi connectivity index (χ4v) is 1.80. The molecule has 6 heteroatoms. The summed E-state index contributed by atoms with van der Waals surface area (Å²) in [5.41, 5.74) is 1.35. The van der Waals surface area contributed by atoms with E-state index in [0.717, 1.165) is 18.2 Å². The highest BCUT2D eigenvalue weighted by Gasteiger charge is 2.13. The lowest BCUT2D eigenvalue weighted by molar-refractivity contribution is 0.288. The monoisotopic (exact) mass is 272 g/mol. The molecule has 0 aliphatic carbocycles. The summed E-state index contributed by atoms with van der Waals surface area (Å²) < 4.78 is 33.0. The van der Waals surface area contributed by atoms with Crippen molar-refractivity contribution in [3.63, 3.8) is 0 Å². The van der Waals surface area contributed by atoms with Crippen molar-refractivity contribution in [2.45, 2.75) is 13.5 Å². The Labute approximate surface area is 108 Å². The molecule has 0 bridgehead atoms. The molecule has 0 atom stereocenters. The first-order valence-corrected chi connectivity index (χ1v) is 5.62. The minimum absolute atomic E-state index is 0.0406. The number of benzene rings is 1. The Balaban J connectivity index is 2.19. The van der Waals surface area contributed by atoms with Gasteiger partial charge in [0.2, 0.25) is 0 Å². The molecule has 0 N–H and O–H groups in total. The molecule has 1 heterocycles. The molecule has 0 radical (unpaired) electrons. The minimum atomic E-state index is -0.617. The van der Waals surface area contributed by atoms with Crippen molar-refractivity contribution in [1.29, 1.82) is 0 Å². The summed E-state index contributed by atoms with van der Waals surface area (Å²) in [5.74, 6) is -1.32. The number of ether oxygens (including phenoxy) is 1. The van der Waals surface area contributed by atoms with Crippen LogP contribution >= 0.6 is 11.6 Å². The molecule has 0 saturated heterocycles. The summed E-state index contributed by atoms with van der Waals surface area (Å²) in [4.78, 5) is 0. The van der Waals surface area contributed by atoms with Crippen LogP contribution < -0.4 is 4.74 Å². The first-order valence-electron chi connectivity index (χ1n) is 5.25. The lowest BCUT2D eigenvalue weighted by Gasteiger charge is -2.07. The van der Waals surface area contributed by atoms with E-state index in [0.29, 0.717) is 16.4 Å². The van der Waals surface area contributed by atoms with Gasteiger partial charge >= 0.3 is 0 Å². The number of nitrogens with zero attached hydrogens (tertiary/aromatic N) is 2. The average molecular weight is 273 g/mol. The van der Waals surface area contributed by atoms with Gasteiger partial charge in [0.05, 0.1) is 5.69 Å². The molecule has 1 aromatic carbocycles. The number of rotatable bonds is 3. The van der Waals surface area contributed by atoms with Crippen molar-refractivity contribution < 1.29 is 13.5 Å². The number of halogens is 3. The molecule has 18 heavy (non-hydrogen) atoms. The van der Waals surface area contributed by atoms with Crippen LogP contribution in [0.5, 0.6) is 5.75 Å². The standard InChI is InChI=1S/C12H11ClF2N2O/c1-7-9(12(13)17(2)16-7)6-18-11-5-8(14)3-4-10(11)15/h3-5H,6H2,1-2H3. The number of aryl methyl sites for hydroxylation is 2. The van der Waals surface area contributed by atoms with Crippen molar-refractivity contribution in [2.75, 3.05) is 0 Å². The van der Waals surface area contributed by atoms with Gasteiger partial charge in [0.1, 0.15) is 17.6 Å². The number of hydrogen-bond acceptors (Lipinski definition) is 2. The molecule has 2 aromatic rings. The van der Waals surface area contributed by atoms with Crippen LogP contribution in [0.3, 0.4) is 0 Å². The highest BCUT2D eigenvalue weighted by Crippen LogP contribution is 2.23. The van der Waals surface area contributed by atoms with Crippen LogP contribution in [0, 0.1) is 18.6 Å². The molecular formula is C12H11ClF2N2O. The van der Waals surface area contributed by atoms with Crippen molar-refractivity contribution in [3.8, 4) is 5.75 Å². The third-order valence-corrected chi connectivity index (χ3v) is 3.01. The van der Waals surface area contributed by atoms with E-state index in [-0.39, 0.29) is 12.4 Å². The highest BCUT2D eigenvalue weighted by molar-refractivity contribution is 6.30. The van der Waals surface area contributed by atoms with E-state index < -0.39 is 11.6 Å². The van der Waals surface area contributed by atoms with Crippen LogP contribution in [0.25, 0.3) is 0 Å². The van der Waals surface area contributed by atoms with E-state index in [9.17, 15) is 8.78 Å². The van der Waals surface area contributed by atoms with Gasteiger partial charge in [0.25, 0.3) is 0 Å². The molecular weight excluding hydrogens is 262 g/mol. The van der Waals surface area contributed by atoms with Crippen LogP contribution in [0.1, 0.15) is 11.3 Å². The van der Waals surface area contributed by atoms with E-state index in [1.54, 1.807) is 14.0 Å². The molecule has 1 aromatic heterocycles. The molecule has 0 fully saturated rings. The van der Waals surface area contributed by atoms with Gasteiger partial charge in [0.15, 0.2) is 11.6 Å². The predicted molar refractivity (Wildman–Crippen MR) is 63.6 cm³/mol. The maximum absolute atomic E-state index is 13.3. The quantitative estimate of drug-likeness (QED) is 0.858. The fourth-order valence-electron chi connectivity index (χ4n) is 1.58. The minimum Gasteiger partial charge on any atom is -0.486 e. The zero-order valence-corrected chi connectivity index (χ0v) is 10.6. The first kappa shape index (κ1) is 12.8. The summed E-state index contributed by atoms with van der Waals surface area (Å²) in [6.07, 6.45) is 0. The number of hydrogen-bond donors (Lipinski definition) is 0. The highest BCUT2D eigenvalue weighted by atomic mass is 35.5. The second-order valence-corrected chi connectivity index (χ2v) is 4.20. The summed E-state index contributed by atoms with van der Waals surface area (Å²) in [7, 11) is 1.70.